The Hall–Kier alpha value is -3.87. The number of aryl methyl sites for hydroxylation is 2. The van der Waals surface area contributed by atoms with E-state index in [0.717, 1.165) is 22.6 Å². The van der Waals surface area contributed by atoms with Crippen LogP contribution in [0.2, 0.25) is 0 Å². The SMILES string of the molecule is Cc1ccc(-c2ccnc3c(C(=O)NCc4ccc5c(c4)OCO5)cnn23)cc1C. The Labute approximate surface area is 173 Å². The van der Waals surface area contributed by atoms with Gasteiger partial charge in [0.15, 0.2) is 17.1 Å². The highest BCUT2D eigenvalue weighted by molar-refractivity contribution is 5.99. The van der Waals surface area contributed by atoms with Crippen molar-refractivity contribution in [3.05, 3.63) is 77.1 Å². The molecule has 1 aliphatic heterocycles. The van der Waals surface area contributed by atoms with E-state index in [9.17, 15) is 4.79 Å². The van der Waals surface area contributed by atoms with Gasteiger partial charge in [0.2, 0.25) is 6.79 Å². The molecular weight excluding hydrogens is 380 g/mol. The summed E-state index contributed by atoms with van der Waals surface area (Å²) < 4.78 is 12.4. The third kappa shape index (κ3) is 3.14. The molecule has 0 fully saturated rings. The van der Waals surface area contributed by atoms with Crippen molar-refractivity contribution in [3.63, 3.8) is 0 Å². The first kappa shape index (κ1) is 18.2. The van der Waals surface area contributed by atoms with Crippen molar-refractivity contribution in [3.8, 4) is 22.8 Å². The number of nitrogens with zero attached hydrogens (tertiary/aromatic N) is 3. The molecule has 1 amide bonds. The zero-order valence-electron chi connectivity index (χ0n) is 16.7. The largest absolute Gasteiger partial charge is 0.454 e. The van der Waals surface area contributed by atoms with Gasteiger partial charge in [-0.15, -0.1) is 0 Å². The molecule has 0 unspecified atom stereocenters. The van der Waals surface area contributed by atoms with E-state index in [1.54, 1.807) is 16.9 Å². The van der Waals surface area contributed by atoms with E-state index in [1.165, 1.54) is 11.1 Å². The molecule has 1 N–H and O–H groups in total. The molecule has 7 heteroatoms. The molecule has 0 bridgehead atoms. The van der Waals surface area contributed by atoms with Crippen LogP contribution in [-0.4, -0.2) is 27.3 Å². The summed E-state index contributed by atoms with van der Waals surface area (Å²) in [7, 11) is 0. The first-order chi connectivity index (χ1) is 14.6. The minimum absolute atomic E-state index is 0.224. The van der Waals surface area contributed by atoms with Crippen LogP contribution in [-0.2, 0) is 6.54 Å². The highest BCUT2D eigenvalue weighted by atomic mass is 16.7. The van der Waals surface area contributed by atoms with Gasteiger partial charge < -0.3 is 14.8 Å². The van der Waals surface area contributed by atoms with Crippen LogP contribution < -0.4 is 14.8 Å². The Bertz CT molecular complexity index is 1280. The average Bonchev–Trinajstić information content (AvgIpc) is 3.40. The van der Waals surface area contributed by atoms with Gasteiger partial charge in [-0.05, 0) is 54.8 Å². The number of ether oxygens (including phenoxy) is 2. The number of carbonyl (C=O) groups is 1. The number of hydrogen-bond acceptors (Lipinski definition) is 5. The number of carbonyl (C=O) groups excluding carboxylic acids is 1. The second-order valence-corrected chi connectivity index (χ2v) is 7.29. The highest BCUT2D eigenvalue weighted by Gasteiger charge is 2.17. The summed E-state index contributed by atoms with van der Waals surface area (Å²) in [6.07, 6.45) is 3.26. The number of benzene rings is 2. The van der Waals surface area contributed by atoms with Crippen LogP contribution in [0.4, 0.5) is 0 Å². The molecule has 0 radical (unpaired) electrons. The molecule has 0 spiro atoms. The summed E-state index contributed by atoms with van der Waals surface area (Å²) in [6, 6.07) is 13.8. The van der Waals surface area contributed by atoms with E-state index in [4.69, 9.17) is 9.47 Å². The maximum absolute atomic E-state index is 12.8. The molecule has 4 aromatic rings. The van der Waals surface area contributed by atoms with Gasteiger partial charge in [-0.1, -0.05) is 18.2 Å². The van der Waals surface area contributed by atoms with Crippen LogP contribution in [0.5, 0.6) is 11.5 Å². The van der Waals surface area contributed by atoms with E-state index < -0.39 is 0 Å². The van der Waals surface area contributed by atoms with Crippen molar-refractivity contribution in [1.82, 2.24) is 19.9 Å². The van der Waals surface area contributed by atoms with Crippen LogP contribution >= 0.6 is 0 Å². The molecule has 30 heavy (non-hydrogen) atoms. The Morgan fingerprint density at radius 1 is 1.07 bits per heavy atom. The van der Waals surface area contributed by atoms with Crippen molar-refractivity contribution in [2.45, 2.75) is 20.4 Å². The van der Waals surface area contributed by atoms with Crippen LogP contribution in [0, 0.1) is 13.8 Å². The number of rotatable bonds is 4. The van der Waals surface area contributed by atoms with Gasteiger partial charge in [0.05, 0.1) is 11.9 Å². The fraction of sp³-hybridized carbons (Fsp3) is 0.174. The van der Waals surface area contributed by atoms with Crippen molar-refractivity contribution >= 4 is 11.6 Å². The van der Waals surface area contributed by atoms with E-state index >= 15 is 0 Å². The lowest BCUT2D eigenvalue weighted by Crippen LogP contribution is -2.22. The fourth-order valence-electron chi connectivity index (χ4n) is 3.50. The van der Waals surface area contributed by atoms with Gasteiger partial charge in [0, 0.05) is 18.3 Å². The molecule has 7 nitrogen and oxygen atoms in total. The normalized spacial score (nSPS) is 12.3. The van der Waals surface area contributed by atoms with Crippen LogP contribution in [0.15, 0.2) is 54.9 Å². The average molecular weight is 400 g/mol. The van der Waals surface area contributed by atoms with Gasteiger partial charge >= 0.3 is 0 Å². The topological polar surface area (TPSA) is 77.8 Å². The first-order valence-electron chi connectivity index (χ1n) is 9.67. The summed E-state index contributed by atoms with van der Waals surface area (Å²) in [5.41, 5.74) is 6.22. The highest BCUT2D eigenvalue weighted by Crippen LogP contribution is 2.32. The van der Waals surface area contributed by atoms with Gasteiger partial charge in [-0.25, -0.2) is 9.50 Å². The van der Waals surface area contributed by atoms with Gasteiger partial charge in [-0.2, -0.15) is 5.10 Å². The van der Waals surface area contributed by atoms with Crippen LogP contribution in [0.3, 0.4) is 0 Å². The second-order valence-electron chi connectivity index (χ2n) is 7.29. The van der Waals surface area contributed by atoms with E-state index in [-0.39, 0.29) is 12.7 Å². The summed E-state index contributed by atoms with van der Waals surface area (Å²) in [5.74, 6) is 1.18. The maximum atomic E-state index is 12.8. The molecule has 1 aliphatic rings. The van der Waals surface area contributed by atoms with Crippen molar-refractivity contribution in [2.75, 3.05) is 6.79 Å². The van der Waals surface area contributed by atoms with Crippen molar-refractivity contribution < 1.29 is 14.3 Å². The van der Waals surface area contributed by atoms with E-state index in [1.807, 2.05) is 24.3 Å². The molecule has 2 aromatic carbocycles. The molecule has 2 aromatic heterocycles. The van der Waals surface area contributed by atoms with Crippen LogP contribution in [0.1, 0.15) is 27.0 Å². The minimum atomic E-state index is -0.229. The Kier molecular flexibility index (Phi) is 4.35. The minimum Gasteiger partial charge on any atom is -0.454 e. The Morgan fingerprint density at radius 2 is 1.93 bits per heavy atom. The van der Waals surface area contributed by atoms with Gasteiger partial charge in [0.1, 0.15) is 5.56 Å². The molecule has 0 aliphatic carbocycles. The standard InChI is InChI=1S/C23H20N4O3/c1-14-3-5-17(9-15(14)2)19-7-8-24-22-18(12-26-27(19)22)23(28)25-11-16-4-6-20-21(10-16)30-13-29-20/h3-10,12H,11,13H2,1-2H3,(H,25,28). The molecule has 0 atom stereocenters. The number of amides is 1. The Morgan fingerprint density at radius 3 is 2.80 bits per heavy atom. The predicted octanol–water partition coefficient (Wildman–Crippen LogP) is 3.67. The smallest absolute Gasteiger partial charge is 0.257 e. The molecule has 0 saturated carbocycles. The monoisotopic (exact) mass is 400 g/mol. The van der Waals surface area contributed by atoms with E-state index in [2.05, 4.69) is 47.4 Å². The molecule has 0 saturated heterocycles. The number of fused-ring (bicyclic) bond motifs is 2. The summed E-state index contributed by atoms with van der Waals surface area (Å²) in [6.45, 7) is 4.75. The lowest BCUT2D eigenvalue weighted by Gasteiger charge is -2.08. The number of nitrogens with one attached hydrogen (secondary N) is 1. The zero-order valence-corrected chi connectivity index (χ0v) is 16.7. The Balaban J connectivity index is 1.41. The lowest BCUT2D eigenvalue weighted by molar-refractivity contribution is 0.0952. The summed E-state index contributed by atoms with van der Waals surface area (Å²) in [4.78, 5) is 17.2. The third-order valence-electron chi connectivity index (χ3n) is 5.34. The number of aromatic nitrogens is 3. The molecule has 150 valence electrons. The quantitative estimate of drug-likeness (QED) is 0.566. The van der Waals surface area contributed by atoms with Crippen molar-refractivity contribution in [2.24, 2.45) is 0 Å². The van der Waals surface area contributed by atoms with Crippen LogP contribution in [0.25, 0.3) is 16.9 Å². The lowest BCUT2D eigenvalue weighted by atomic mass is 10.0. The fourth-order valence-corrected chi connectivity index (χ4v) is 3.50. The molecule has 5 rings (SSSR count). The third-order valence-corrected chi connectivity index (χ3v) is 5.34. The summed E-state index contributed by atoms with van der Waals surface area (Å²) in [5, 5.41) is 7.36. The molecular formula is C23H20N4O3. The second kappa shape index (κ2) is 7.18. The van der Waals surface area contributed by atoms with Gasteiger partial charge in [0.25, 0.3) is 5.91 Å². The first-order valence-corrected chi connectivity index (χ1v) is 9.67. The predicted molar refractivity (Wildman–Crippen MR) is 112 cm³/mol. The van der Waals surface area contributed by atoms with Gasteiger partial charge in [-0.3, -0.25) is 4.79 Å². The number of hydrogen-bond donors (Lipinski definition) is 1. The molecule has 3 heterocycles. The zero-order chi connectivity index (χ0) is 20.7. The summed E-state index contributed by atoms with van der Waals surface area (Å²) >= 11 is 0. The van der Waals surface area contributed by atoms with Crippen molar-refractivity contribution in [1.29, 1.82) is 0 Å². The maximum Gasteiger partial charge on any atom is 0.257 e. The van der Waals surface area contributed by atoms with E-state index in [0.29, 0.717) is 23.5 Å².